The van der Waals surface area contributed by atoms with E-state index in [2.05, 4.69) is 157 Å². The fourth-order valence-electron chi connectivity index (χ4n) is 14.1. The van der Waals surface area contributed by atoms with Crippen LogP contribution in [0, 0.1) is 57.0 Å². The lowest BCUT2D eigenvalue weighted by Gasteiger charge is -2.32. The minimum Gasteiger partial charge on any atom is -0.490 e. The Hall–Kier alpha value is -9.20. The number of methoxy groups -OCH3 is 3. The van der Waals surface area contributed by atoms with Gasteiger partial charge < -0.3 is 38.1 Å². The van der Waals surface area contributed by atoms with Gasteiger partial charge in [0.1, 0.15) is 47.4 Å². The molecule has 8 aromatic rings. The number of ether oxygens (including phenoxy) is 5. The average Bonchev–Trinajstić information content (AvgIpc) is 1.61. The molecule has 5 aliphatic rings. The summed E-state index contributed by atoms with van der Waals surface area (Å²) in [4.78, 5) is 5.88. The number of halogens is 3. The summed E-state index contributed by atoms with van der Waals surface area (Å²) in [5.74, 6) is 0.151. The summed E-state index contributed by atoms with van der Waals surface area (Å²) in [7, 11) is 5.00. The van der Waals surface area contributed by atoms with Crippen LogP contribution in [0.1, 0.15) is 211 Å². The molecular formula is C95H96BBrF2N4O8S4. The maximum absolute atomic E-state index is 13.5. The van der Waals surface area contributed by atoms with Crippen molar-refractivity contribution in [1.82, 2.24) is 0 Å². The van der Waals surface area contributed by atoms with E-state index < -0.39 is 11.6 Å². The van der Waals surface area contributed by atoms with E-state index in [1.807, 2.05) is 88.4 Å². The van der Waals surface area contributed by atoms with Gasteiger partial charge in [0.2, 0.25) is 0 Å². The minimum atomic E-state index is -0.519. The molecule has 8 aromatic carbocycles. The van der Waals surface area contributed by atoms with Gasteiger partial charge in [-0.3, -0.25) is 0 Å². The first-order valence-electron chi connectivity index (χ1n) is 37.6. The third-order valence-corrected chi connectivity index (χ3v) is 24.6. The number of nitriles is 4. The molecule has 115 heavy (non-hydrogen) atoms. The van der Waals surface area contributed by atoms with Crippen molar-refractivity contribution in [3.8, 4) is 35.8 Å². The summed E-state index contributed by atoms with van der Waals surface area (Å²) >= 11 is 8.99. The number of hydrogen-bond acceptors (Lipinski definition) is 16. The van der Waals surface area contributed by atoms with E-state index in [0.717, 1.165) is 129 Å². The van der Waals surface area contributed by atoms with Crippen molar-refractivity contribution in [3.05, 3.63) is 319 Å². The predicted octanol–water partition coefficient (Wildman–Crippen LogP) is 24.6. The van der Waals surface area contributed by atoms with Crippen LogP contribution in [0.4, 0.5) is 8.78 Å². The second kappa shape index (κ2) is 40.6. The van der Waals surface area contributed by atoms with E-state index in [0.29, 0.717) is 27.5 Å². The first-order valence-corrected chi connectivity index (χ1v) is 41.7. The van der Waals surface area contributed by atoms with Crippen molar-refractivity contribution < 1.29 is 46.9 Å². The molecule has 1 heterocycles. The van der Waals surface area contributed by atoms with E-state index in [-0.39, 0.29) is 66.1 Å². The molecular weight excluding hydrogens is 1580 g/mol. The van der Waals surface area contributed by atoms with E-state index >= 15 is 0 Å². The Labute approximate surface area is 703 Å². The van der Waals surface area contributed by atoms with Gasteiger partial charge >= 0.3 is 7.12 Å². The Morgan fingerprint density at radius 1 is 0.443 bits per heavy atom. The molecule has 13 rings (SSSR count). The van der Waals surface area contributed by atoms with Crippen molar-refractivity contribution in [3.63, 3.8) is 0 Å². The number of aliphatic hydroxyl groups excluding tert-OH is 1. The second-order valence-corrected chi connectivity index (χ2v) is 35.5. The van der Waals surface area contributed by atoms with Gasteiger partial charge in [-0.25, -0.2) is 8.78 Å². The van der Waals surface area contributed by atoms with Gasteiger partial charge in [-0.1, -0.05) is 197 Å². The zero-order valence-corrected chi connectivity index (χ0v) is 71.9. The molecule has 4 aliphatic carbocycles. The molecule has 1 fully saturated rings. The van der Waals surface area contributed by atoms with Gasteiger partial charge in [0.25, 0.3) is 0 Å². The normalized spacial score (nSPS) is 16.5. The maximum Gasteiger partial charge on any atom is 0.495 e. The maximum atomic E-state index is 13.5. The molecule has 12 nitrogen and oxygen atoms in total. The standard InChI is InChI=1S/C24H25NO2S.C23H23NO2S.C21H18FNOS.C16H23BO3.C11H7BrFNS/c1-15(2)27-23-11-9-18(13-19(23)14-25)16(3)28-17(4)20-7-6-8-22-21(20)10-12-24(22)26-5;1-14(2)26-23-11-8-17(12-18(23)13-24)15(3)27-16(4)19-6-5-7-21-20(19)9-10-22(21)25;1-13(15-7-9-20(22)16(11-15)12-23)25-14(2)17-5-4-6-19-18(17)8-10-21(19)24-3;1-15(2)16(3,4)20-17(19-15)13-8-6-7-12-11(13)9-10-14(12)18-5;1-7(15-8(2)12)9-3-4-11(13)10(5-9)6-14/h6-9,11,13,15,24H,3-4,10,12H2,1-2,5H3;5-8,11-12,14,22,25H,3-4,9-10H2,1-2H3;4-7,9,11,21H,1-2,8,10H2,3H3;6-8,14H,9-10H2,1-5H3;3-5H,1-2H2/t24-;22-;21-;14-;/m1111./s1. The Bertz CT molecular complexity index is 5250. The zero-order chi connectivity index (χ0) is 83.8. The van der Waals surface area contributed by atoms with Gasteiger partial charge in [0.15, 0.2) is 0 Å². The monoisotopic (exact) mass is 1680 g/mol. The van der Waals surface area contributed by atoms with Crippen LogP contribution >= 0.6 is 63.0 Å². The molecule has 0 amide bonds. The van der Waals surface area contributed by atoms with Crippen LogP contribution in [0.5, 0.6) is 11.5 Å². The number of nitrogens with zero attached hydrogens (tertiary/aromatic N) is 4. The fraction of sp³-hybridized carbons (Fsp3) is 0.284. The van der Waals surface area contributed by atoms with Crippen LogP contribution in [0.15, 0.2) is 202 Å². The van der Waals surface area contributed by atoms with Crippen LogP contribution in [0.2, 0.25) is 0 Å². The largest absolute Gasteiger partial charge is 0.495 e. The zero-order valence-electron chi connectivity index (χ0n) is 67.1. The van der Waals surface area contributed by atoms with Crippen LogP contribution in [-0.2, 0) is 49.2 Å². The number of rotatable bonds is 23. The van der Waals surface area contributed by atoms with Gasteiger partial charge in [-0.2, -0.15) is 21.0 Å². The van der Waals surface area contributed by atoms with Crippen molar-refractivity contribution >= 4 is 110 Å². The van der Waals surface area contributed by atoms with E-state index in [1.54, 1.807) is 45.6 Å². The van der Waals surface area contributed by atoms with Crippen LogP contribution in [0.3, 0.4) is 0 Å². The topological polar surface area (TPSA) is 180 Å². The van der Waals surface area contributed by atoms with Crippen LogP contribution in [-0.4, -0.2) is 57.0 Å². The van der Waals surface area contributed by atoms with Crippen LogP contribution < -0.4 is 14.9 Å². The SMILES string of the molecule is C=C(Br)SC(=C)c1ccc(F)c(C#N)c1.C=C(SC(=C)c1cccc2c1CC[C@H]2O)c1ccc(OC(C)C)c(C#N)c1.C=C(SC(=C)c1cccc2c1CC[C@H]2OC)c1ccc(F)c(C#N)c1.C=C(SC(=C)c1cccc2c1CC[C@H]2OC)c1ccc(OC(C)C)c(C#N)c1.CO[C@@H]1CCc2c(B3OC(C)(C)C(C)(C)O3)cccc21. The van der Waals surface area contributed by atoms with Crippen LogP contribution in [0.25, 0.3) is 34.3 Å². The Balaban J connectivity index is 0.000000167. The summed E-state index contributed by atoms with van der Waals surface area (Å²) in [6.45, 7) is 48.7. The van der Waals surface area contributed by atoms with Crippen molar-refractivity contribution in [2.24, 2.45) is 0 Å². The number of thioether (sulfide) groups is 4. The number of benzene rings is 8. The molecule has 4 atom stereocenters. The lowest BCUT2D eigenvalue weighted by molar-refractivity contribution is 0.00578. The molecule has 0 unspecified atom stereocenters. The van der Waals surface area contributed by atoms with Gasteiger partial charge in [-0.05, 0) is 260 Å². The van der Waals surface area contributed by atoms with E-state index in [4.69, 9.17) is 43.5 Å². The summed E-state index contributed by atoms with van der Waals surface area (Å²) in [5, 5.41) is 46.6. The highest BCUT2D eigenvalue weighted by Gasteiger charge is 2.52. The van der Waals surface area contributed by atoms with Gasteiger partial charge in [0.05, 0.1) is 70.1 Å². The lowest BCUT2D eigenvalue weighted by Crippen LogP contribution is -2.41. The predicted molar refractivity (Wildman–Crippen MR) is 477 cm³/mol. The summed E-state index contributed by atoms with van der Waals surface area (Å²) in [6.07, 6.45) is 7.82. The number of fused-ring (bicyclic) bond motifs is 4. The average molecular weight is 1680 g/mol. The highest BCUT2D eigenvalue weighted by molar-refractivity contribution is 9.14. The number of aliphatic hydroxyl groups is 1. The Morgan fingerprint density at radius 2 is 0.757 bits per heavy atom. The molecule has 592 valence electrons. The molecule has 0 radical (unpaired) electrons. The molecule has 1 saturated heterocycles. The van der Waals surface area contributed by atoms with Gasteiger partial charge in [-0.15, -0.1) is 0 Å². The molecule has 1 aliphatic heterocycles. The number of hydrogen-bond donors (Lipinski definition) is 1. The third-order valence-electron chi connectivity index (χ3n) is 20.5. The highest BCUT2D eigenvalue weighted by atomic mass is 79.9. The minimum absolute atomic E-state index is 0.0100. The quantitative estimate of drug-likeness (QED) is 0.0597. The smallest absolute Gasteiger partial charge is 0.490 e. The molecule has 0 saturated carbocycles. The fourth-order valence-corrected chi connectivity index (χ4v) is 17.7. The van der Waals surface area contributed by atoms with Crippen molar-refractivity contribution in [2.75, 3.05) is 21.3 Å². The Kier molecular flexibility index (Phi) is 31.7. The first-order chi connectivity index (χ1) is 54.8. The summed E-state index contributed by atoms with van der Waals surface area (Å²) in [6, 6.07) is 52.8. The lowest BCUT2D eigenvalue weighted by atomic mass is 9.75. The Morgan fingerprint density at radius 3 is 1.11 bits per heavy atom. The third kappa shape index (κ3) is 22.1. The summed E-state index contributed by atoms with van der Waals surface area (Å²) in [5.41, 5.74) is 18.1. The first kappa shape index (κ1) is 89.7. The molecule has 1 N–H and O–H groups in total. The highest BCUT2D eigenvalue weighted by Crippen LogP contribution is 2.48. The summed E-state index contributed by atoms with van der Waals surface area (Å²) < 4.78 is 67.7. The van der Waals surface area contributed by atoms with Crippen molar-refractivity contribution in [2.45, 2.75) is 155 Å². The van der Waals surface area contributed by atoms with Crippen molar-refractivity contribution in [1.29, 1.82) is 21.0 Å². The molecule has 0 bridgehead atoms. The second-order valence-electron chi connectivity index (χ2n) is 29.3. The molecule has 0 spiro atoms. The van der Waals surface area contributed by atoms with E-state index in [1.165, 1.54) is 116 Å². The van der Waals surface area contributed by atoms with Gasteiger partial charge in [0, 0.05) is 59.5 Å². The molecule has 20 heteroatoms. The molecule has 0 aromatic heterocycles. The van der Waals surface area contributed by atoms with E-state index in [9.17, 15) is 24.4 Å².